The summed E-state index contributed by atoms with van der Waals surface area (Å²) in [5, 5.41) is 38.4. The molecule has 0 aromatic heterocycles. The van der Waals surface area contributed by atoms with Gasteiger partial charge in [0, 0.05) is 66.3 Å². The summed E-state index contributed by atoms with van der Waals surface area (Å²) in [6.45, 7) is 46.9. The van der Waals surface area contributed by atoms with Gasteiger partial charge >= 0.3 is 28.3 Å². The number of phenolic OH excluding ortho intramolecular Hbond substituents is 1. The number of fused-ring (bicyclic) bond motifs is 1. The first-order valence-corrected chi connectivity index (χ1v) is 44.2. The lowest BCUT2D eigenvalue weighted by molar-refractivity contribution is -0.490. The molecule has 13 rings (SSSR count). The fourth-order valence-corrected chi connectivity index (χ4v) is 14.3. The number of aldehydes is 3. The Hall–Kier alpha value is -5.14. The second kappa shape index (κ2) is 43.3. The lowest BCUT2D eigenvalue weighted by Crippen LogP contribution is -2.41. The number of hydrogen-bond donors (Lipinski definition) is 3. The van der Waals surface area contributed by atoms with Gasteiger partial charge in [-0.2, -0.15) is 8.42 Å². The number of aliphatic hydroxyl groups is 1. The van der Waals surface area contributed by atoms with Crippen LogP contribution < -0.4 is 25.1 Å². The van der Waals surface area contributed by atoms with Gasteiger partial charge in [0.05, 0.1) is 139 Å². The van der Waals surface area contributed by atoms with E-state index in [1.165, 1.54) is 6.07 Å². The predicted octanol–water partition coefficient (Wildman–Crippen LogP) is 12.0. The first kappa shape index (κ1) is 104. The van der Waals surface area contributed by atoms with Crippen LogP contribution in [0.2, 0.25) is 0 Å². The monoisotopic (exact) mass is 1870 g/mol. The van der Waals surface area contributed by atoms with Crippen LogP contribution in [0.5, 0.6) is 23.0 Å². The summed E-state index contributed by atoms with van der Waals surface area (Å²) in [5.41, 5.74) is 0.815. The van der Waals surface area contributed by atoms with Crippen LogP contribution in [0.3, 0.4) is 0 Å². The van der Waals surface area contributed by atoms with Crippen LogP contribution in [-0.4, -0.2) is 248 Å². The fraction of sp³-hybridized carbons (Fsp3) is 0.675. The summed E-state index contributed by atoms with van der Waals surface area (Å²) < 4.78 is 141. The minimum Gasteiger partial charge on any atom is -0.507 e. The van der Waals surface area contributed by atoms with Crippen molar-refractivity contribution in [3.05, 3.63) is 114 Å². The number of halogens is 2. The molecular formula is C83H127B4Br2NO31S. The summed E-state index contributed by atoms with van der Waals surface area (Å²) in [4.78, 5) is 42.9. The van der Waals surface area contributed by atoms with E-state index < -0.39 is 96.1 Å². The van der Waals surface area contributed by atoms with Crippen LogP contribution >= 0.6 is 31.9 Å². The second-order valence-electron chi connectivity index (χ2n) is 35.5. The van der Waals surface area contributed by atoms with Gasteiger partial charge in [-0.05, 0) is 220 Å². The lowest BCUT2D eigenvalue weighted by Gasteiger charge is -2.32. The van der Waals surface area contributed by atoms with Crippen LogP contribution in [0.4, 0.5) is 0 Å². The van der Waals surface area contributed by atoms with Gasteiger partial charge in [-0.25, -0.2) is 0 Å². The van der Waals surface area contributed by atoms with Crippen LogP contribution in [0.1, 0.15) is 229 Å². The van der Waals surface area contributed by atoms with Crippen molar-refractivity contribution in [3.63, 3.8) is 0 Å². The maximum atomic E-state index is 11.6. The van der Waals surface area contributed by atoms with Gasteiger partial charge in [-0.3, -0.25) is 28.7 Å². The summed E-state index contributed by atoms with van der Waals surface area (Å²) in [6.07, 6.45) is 5.86. The Kier molecular flexibility index (Phi) is 36.9. The highest BCUT2D eigenvalue weighted by molar-refractivity contribution is 9.11. The van der Waals surface area contributed by atoms with Crippen molar-refractivity contribution in [1.29, 1.82) is 0 Å². The zero-order valence-corrected chi connectivity index (χ0v) is 78.6. The molecule has 0 amide bonds. The Morgan fingerprint density at radius 1 is 0.467 bits per heavy atom. The molecule has 0 bridgehead atoms. The number of nitrogens with zero attached hydrogens (tertiary/aromatic N) is 1. The van der Waals surface area contributed by atoms with E-state index in [1.54, 1.807) is 54.6 Å². The van der Waals surface area contributed by atoms with Crippen LogP contribution in [-0.2, 0) is 94.3 Å². The number of carbonyl (C=O) groups is 3. The first-order chi connectivity index (χ1) is 56.5. The number of phenols is 1. The van der Waals surface area contributed by atoms with E-state index in [0.717, 1.165) is 25.2 Å². The zero-order valence-electron chi connectivity index (χ0n) is 74.6. The molecule has 4 aromatic carbocycles. The largest absolute Gasteiger partial charge is 0.507 e. The molecule has 32 nitrogen and oxygen atoms in total. The van der Waals surface area contributed by atoms with Crippen molar-refractivity contribution in [2.75, 3.05) is 78.9 Å². The molecule has 9 aliphatic rings. The van der Waals surface area contributed by atoms with Crippen molar-refractivity contribution in [2.24, 2.45) is 0 Å². The number of aliphatic hydroxyl groups excluding tert-OH is 1. The minimum absolute atomic E-state index is 0. The zero-order chi connectivity index (χ0) is 91.0. The molecule has 122 heavy (non-hydrogen) atoms. The Bertz CT molecular complexity index is 4140. The highest BCUT2D eigenvalue weighted by Crippen LogP contribution is 2.44. The third-order valence-corrected chi connectivity index (χ3v) is 24.0. The van der Waals surface area contributed by atoms with E-state index in [0.29, 0.717) is 144 Å². The van der Waals surface area contributed by atoms with Gasteiger partial charge in [0.1, 0.15) is 35.4 Å². The molecule has 3 N–H and O–H groups in total. The SMILES string of the molecule is CC1(C)OB(B2OC(C)(C)C(C)(C)O2)OC1(C)C.CC1(C)OC[C@H](CCO)O1.CC1(C)OC[C@H](CCOS(C)(=O)=O)O1.CC1(C)OC[C@H](CCOc2cccc(C=O)c2B2OC(C)(C)C(C)(C)O2)O1.CC1(C)OC[C@H](CCOc2cccc(C=O)c2Br)O1.CC1(C)OC[C@H](CCOc2cccc3c2B(O)OC3C[N+](=O)[O-])O1.O=Cc1cccc(O)c1Br.[HH]. The van der Waals surface area contributed by atoms with E-state index in [1.807, 2.05) is 164 Å². The fourth-order valence-electron chi connectivity index (χ4n) is 13.1. The summed E-state index contributed by atoms with van der Waals surface area (Å²) in [7, 11) is -6.17. The molecule has 0 spiro atoms. The predicted molar refractivity (Wildman–Crippen MR) is 464 cm³/mol. The average Bonchev–Trinajstić information content (AvgIpc) is 1.58. The molecule has 6 atom stereocenters. The number of hydrogen-bond acceptors (Lipinski definition) is 31. The third-order valence-electron chi connectivity index (χ3n) is 21.7. The van der Waals surface area contributed by atoms with Crippen LogP contribution in [0, 0.1) is 10.1 Å². The Morgan fingerprint density at radius 3 is 1.13 bits per heavy atom. The van der Waals surface area contributed by atoms with Gasteiger partial charge in [0.25, 0.3) is 10.1 Å². The summed E-state index contributed by atoms with van der Waals surface area (Å²) in [6, 6.07) is 20.7. The van der Waals surface area contributed by atoms with E-state index >= 15 is 0 Å². The van der Waals surface area contributed by atoms with Crippen molar-refractivity contribution in [3.8, 4) is 23.0 Å². The molecule has 1 unspecified atom stereocenters. The number of rotatable bonds is 25. The van der Waals surface area contributed by atoms with E-state index in [-0.39, 0.29) is 73.3 Å². The molecule has 39 heteroatoms. The van der Waals surface area contributed by atoms with Crippen molar-refractivity contribution < 1.29 is 143 Å². The molecule has 8 fully saturated rings. The lowest BCUT2D eigenvalue weighted by atomic mass is 9.49. The maximum absolute atomic E-state index is 11.6. The minimum atomic E-state index is -3.34. The van der Waals surface area contributed by atoms with Crippen LogP contribution in [0.25, 0.3) is 0 Å². The maximum Gasteiger partial charge on any atom is 0.499 e. The van der Waals surface area contributed by atoms with Crippen LogP contribution in [0.15, 0.2) is 81.7 Å². The molecule has 682 valence electrons. The average molecular weight is 1870 g/mol. The van der Waals surface area contributed by atoms with E-state index in [4.69, 9.17) is 104 Å². The summed E-state index contributed by atoms with van der Waals surface area (Å²) >= 11 is 6.42. The molecule has 4 aromatic rings. The Morgan fingerprint density at radius 2 is 0.787 bits per heavy atom. The third kappa shape index (κ3) is 30.5. The van der Waals surface area contributed by atoms with E-state index in [9.17, 15) is 37.9 Å². The quantitative estimate of drug-likeness (QED) is 0.0182. The topological polar surface area (TPSA) is 383 Å². The van der Waals surface area contributed by atoms with Crippen molar-refractivity contribution in [2.45, 2.75) is 284 Å². The molecule has 0 aliphatic carbocycles. The van der Waals surface area contributed by atoms with Crippen molar-refractivity contribution >= 4 is 100 Å². The van der Waals surface area contributed by atoms with Gasteiger partial charge in [-0.1, -0.05) is 48.5 Å². The number of benzene rings is 4. The highest BCUT2D eigenvalue weighted by atomic mass is 79.9. The van der Waals surface area contributed by atoms with Gasteiger partial charge in [-0.15, -0.1) is 0 Å². The smallest absolute Gasteiger partial charge is 0.499 e. The molecule has 9 aliphatic heterocycles. The number of ether oxygens (including phenoxy) is 13. The number of aromatic hydroxyl groups is 1. The van der Waals surface area contributed by atoms with E-state index in [2.05, 4.69) is 36.0 Å². The molecule has 0 saturated carbocycles. The van der Waals surface area contributed by atoms with Gasteiger partial charge in [0.15, 0.2) is 41.5 Å². The normalized spacial score (nSPS) is 24.9. The Labute approximate surface area is 738 Å². The first-order valence-electron chi connectivity index (χ1n) is 40.8. The Balaban J connectivity index is 0.000000227. The highest BCUT2D eigenvalue weighted by Gasteiger charge is 2.64. The van der Waals surface area contributed by atoms with Crippen molar-refractivity contribution in [1.82, 2.24) is 0 Å². The molecule has 0 radical (unpaired) electrons. The second-order valence-corrected chi connectivity index (χ2v) is 38.8. The molecule has 9 heterocycles. The molecule has 8 saturated heterocycles. The standard InChI is InChI=1S/C20H29BO6.C15H20BNO7.C14H17BrO4.C12H24B2O4.C8H16O5S.C7H5BrO2.C7H14O3.H2/c1-18(2)19(3,4)27-21(26-18)17-14(12-22)8-7-9-16(17)23-11-10-15-13-24-20(5,6)25-15;1-15(2)22-9-10(23-15)6-7-21-12-5-3-4-11-13(8-17(19)20)24-16(18)14(11)12;1-14(2)18-9-11(19-14)6-7-17-12-5-3-4-10(8-16)13(12)15;1-9(2)10(3,4)16-13(15-9)14-17-11(5,6)12(7,8)18-14;1-8(2)11-6-7(13-8)4-5-12-14(3,9)10;8-7-5(4-9)2-1-3-6(7)10;1-7(2)9-5-6(10-7)3-4-8;/h7-9,12,15H,10-11,13H2,1-6H3;3-5,10,13,18H,6-9H2,1-2H3;3-5,8,11H,6-7,9H2,1-2H3;1-8H3;7H,4-6H2,1-3H3;1-4,10H;6,8H,3-5H2,1-2H3;1H/t15-;10-,13?;11-;;7-;;6-;/m000.0.0./s1. The number of nitro groups is 1. The molecular weight excluding hydrogens is 1740 g/mol. The van der Waals surface area contributed by atoms with Gasteiger partial charge in [0.2, 0.25) is 6.54 Å². The summed E-state index contributed by atoms with van der Waals surface area (Å²) in [5.74, 6) is -0.792. The number of carbonyl (C=O) groups excluding carboxylic acids is 3. The van der Waals surface area contributed by atoms with Gasteiger partial charge < -0.3 is 109 Å².